The zero-order chi connectivity index (χ0) is 13.3. The standard InChI is InChI=1S/C12H16F3N3/c1-8-2-4-18(5-3-8)11-10(12(13,14)15)6-9(16)7-17-11/h6-8H,2-5,16H2,1H3. The summed E-state index contributed by atoms with van der Waals surface area (Å²) in [5, 5.41) is 0. The lowest BCUT2D eigenvalue weighted by Crippen LogP contribution is -2.35. The summed E-state index contributed by atoms with van der Waals surface area (Å²) in [6.07, 6.45) is -1.35. The number of rotatable bonds is 1. The molecule has 2 N–H and O–H groups in total. The highest BCUT2D eigenvalue weighted by Gasteiger charge is 2.36. The van der Waals surface area contributed by atoms with Gasteiger partial charge >= 0.3 is 6.18 Å². The second kappa shape index (κ2) is 4.66. The Hall–Kier alpha value is -1.46. The highest BCUT2D eigenvalue weighted by atomic mass is 19.4. The van der Waals surface area contributed by atoms with E-state index in [1.54, 1.807) is 4.90 Å². The fraction of sp³-hybridized carbons (Fsp3) is 0.583. The smallest absolute Gasteiger partial charge is 0.397 e. The summed E-state index contributed by atoms with van der Waals surface area (Å²) in [6.45, 7) is 3.33. The maximum Gasteiger partial charge on any atom is 0.420 e. The van der Waals surface area contributed by atoms with Crippen LogP contribution in [0.5, 0.6) is 0 Å². The average molecular weight is 259 g/mol. The normalized spacial score (nSPS) is 18.1. The molecule has 1 aromatic rings. The summed E-state index contributed by atoms with van der Waals surface area (Å²) < 4.78 is 38.8. The van der Waals surface area contributed by atoms with Gasteiger partial charge in [-0.3, -0.25) is 0 Å². The molecule has 0 spiro atoms. The largest absolute Gasteiger partial charge is 0.420 e. The number of aromatic nitrogens is 1. The highest BCUT2D eigenvalue weighted by molar-refractivity contribution is 5.54. The van der Waals surface area contributed by atoms with Crippen LogP contribution in [0.25, 0.3) is 0 Å². The first-order valence-corrected chi connectivity index (χ1v) is 5.95. The molecule has 3 nitrogen and oxygen atoms in total. The number of pyridine rings is 1. The number of nitrogen functional groups attached to an aromatic ring is 1. The van der Waals surface area contributed by atoms with Crippen molar-refractivity contribution in [2.45, 2.75) is 25.9 Å². The van der Waals surface area contributed by atoms with Gasteiger partial charge < -0.3 is 10.6 Å². The summed E-state index contributed by atoms with van der Waals surface area (Å²) in [7, 11) is 0. The van der Waals surface area contributed by atoms with Gasteiger partial charge in [0, 0.05) is 13.1 Å². The molecule has 0 saturated carbocycles. The van der Waals surface area contributed by atoms with Crippen LogP contribution in [0, 0.1) is 5.92 Å². The van der Waals surface area contributed by atoms with E-state index >= 15 is 0 Å². The van der Waals surface area contributed by atoms with Gasteiger partial charge in [0.05, 0.1) is 11.9 Å². The van der Waals surface area contributed by atoms with Crippen LogP contribution in [0.1, 0.15) is 25.3 Å². The number of nitrogens with zero attached hydrogens (tertiary/aromatic N) is 2. The molecule has 0 bridgehead atoms. The topological polar surface area (TPSA) is 42.2 Å². The zero-order valence-electron chi connectivity index (χ0n) is 10.2. The maximum atomic E-state index is 12.9. The minimum atomic E-state index is -4.42. The van der Waals surface area contributed by atoms with Crippen LogP contribution in [-0.4, -0.2) is 18.1 Å². The number of piperidine rings is 1. The van der Waals surface area contributed by atoms with Gasteiger partial charge in [-0.25, -0.2) is 4.98 Å². The van der Waals surface area contributed by atoms with E-state index in [1.807, 2.05) is 0 Å². The van der Waals surface area contributed by atoms with E-state index in [-0.39, 0.29) is 11.5 Å². The quantitative estimate of drug-likeness (QED) is 0.843. The van der Waals surface area contributed by atoms with E-state index in [4.69, 9.17) is 5.73 Å². The van der Waals surface area contributed by atoms with Gasteiger partial charge in [-0.1, -0.05) is 6.92 Å². The first kappa shape index (κ1) is 13.0. The molecule has 0 radical (unpaired) electrons. The Morgan fingerprint density at radius 3 is 2.50 bits per heavy atom. The number of halogens is 3. The Kier molecular flexibility index (Phi) is 3.36. The molecule has 0 aromatic carbocycles. The molecule has 2 heterocycles. The highest BCUT2D eigenvalue weighted by Crippen LogP contribution is 2.37. The molecule has 1 aliphatic rings. The van der Waals surface area contributed by atoms with E-state index < -0.39 is 11.7 Å². The number of hydrogen-bond acceptors (Lipinski definition) is 3. The zero-order valence-corrected chi connectivity index (χ0v) is 10.2. The SMILES string of the molecule is CC1CCN(c2ncc(N)cc2C(F)(F)F)CC1. The molecule has 1 saturated heterocycles. The van der Waals surface area contributed by atoms with Crippen molar-refractivity contribution >= 4 is 11.5 Å². The third-order valence-electron chi connectivity index (χ3n) is 3.28. The fourth-order valence-corrected chi connectivity index (χ4v) is 2.15. The number of nitrogens with two attached hydrogens (primary N) is 1. The van der Waals surface area contributed by atoms with Gasteiger partial charge in [0.1, 0.15) is 11.4 Å². The third-order valence-corrected chi connectivity index (χ3v) is 3.28. The Morgan fingerprint density at radius 1 is 1.33 bits per heavy atom. The van der Waals surface area contributed by atoms with Crippen LogP contribution in [-0.2, 0) is 6.18 Å². The summed E-state index contributed by atoms with van der Waals surface area (Å²) in [4.78, 5) is 5.57. The predicted molar refractivity (Wildman–Crippen MR) is 64.3 cm³/mol. The van der Waals surface area contributed by atoms with E-state index in [9.17, 15) is 13.2 Å². The van der Waals surface area contributed by atoms with E-state index in [2.05, 4.69) is 11.9 Å². The molecule has 1 aliphatic heterocycles. The van der Waals surface area contributed by atoms with Gasteiger partial charge in [-0.05, 0) is 24.8 Å². The van der Waals surface area contributed by atoms with Gasteiger partial charge in [0.15, 0.2) is 0 Å². The van der Waals surface area contributed by atoms with Gasteiger partial charge in [0.25, 0.3) is 0 Å². The Labute approximate surface area is 104 Å². The number of anilines is 2. The minimum absolute atomic E-state index is 0.00333. The molecular formula is C12H16F3N3. The van der Waals surface area contributed by atoms with Crippen LogP contribution in [0.2, 0.25) is 0 Å². The molecule has 2 rings (SSSR count). The molecule has 0 amide bonds. The van der Waals surface area contributed by atoms with E-state index in [1.165, 1.54) is 6.20 Å². The van der Waals surface area contributed by atoms with Crippen LogP contribution >= 0.6 is 0 Å². The predicted octanol–water partition coefficient (Wildman–Crippen LogP) is 2.92. The van der Waals surface area contributed by atoms with Crippen LogP contribution in [0.15, 0.2) is 12.3 Å². The molecule has 100 valence electrons. The average Bonchev–Trinajstić information content (AvgIpc) is 2.29. The van der Waals surface area contributed by atoms with Crippen molar-refractivity contribution in [2.24, 2.45) is 5.92 Å². The molecule has 18 heavy (non-hydrogen) atoms. The Bertz CT molecular complexity index is 423. The van der Waals surface area contributed by atoms with Crippen molar-refractivity contribution in [1.29, 1.82) is 0 Å². The van der Waals surface area contributed by atoms with Crippen molar-refractivity contribution in [3.05, 3.63) is 17.8 Å². The minimum Gasteiger partial charge on any atom is -0.397 e. The fourth-order valence-electron chi connectivity index (χ4n) is 2.15. The van der Waals surface area contributed by atoms with E-state index in [0.29, 0.717) is 19.0 Å². The molecule has 6 heteroatoms. The molecular weight excluding hydrogens is 243 g/mol. The third kappa shape index (κ3) is 2.68. The van der Waals surface area contributed by atoms with Crippen LogP contribution < -0.4 is 10.6 Å². The first-order chi connectivity index (χ1) is 8.38. The monoisotopic (exact) mass is 259 g/mol. The van der Waals surface area contributed by atoms with Gasteiger partial charge in [0.2, 0.25) is 0 Å². The van der Waals surface area contributed by atoms with Gasteiger partial charge in [-0.2, -0.15) is 13.2 Å². The second-order valence-electron chi connectivity index (χ2n) is 4.81. The summed E-state index contributed by atoms with van der Waals surface area (Å²) >= 11 is 0. The lowest BCUT2D eigenvalue weighted by molar-refractivity contribution is -0.137. The lowest BCUT2D eigenvalue weighted by Gasteiger charge is -2.32. The lowest BCUT2D eigenvalue weighted by atomic mass is 9.99. The van der Waals surface area contributed by atoms with Crippen molar-refractivity contribution in [3.63, 3.8) is 0 Å². The summed E-state index contributed by atoms with van der Waals surface area (Å²) in [6, 6.07) is 0.959. The number of hydrogen-bond donors (Lipinski definition) is 1. The van der Waals surface area contributed by atoms with Crippen molar-refractivity contribution < 1.29 is 13.2 Å². The van der Waals surface area contributed by atoms with Crippen molar-refractivity contribution in [3.8, 4) is 0 Å². The molecule has 0 unspecified atom stereocenters. The maximum absolute atomic E-state index is 12.9. The van der Waals surface area contributed by atoms with Gasteiger partial charge in [-0.15, -0.1) is 0 Å². The molecule has 0 aliphatic carbocycles. The Morgan fingerprint density at radius 2 is 1.94 bits per heavy atom. The van der Waals surface area contributed by atoms with E-state index in [0.717, 1.165) is 18.9 Å². The molecule has 1 fully saturated rings. The van der Waals surface area contributed by atoms with Crippen LogP contribution in [0.4, 0.5) is 24.7 Å². The first-order valence-electron chi connectivity index (χ1n) is 5.95. The Balaban J connectivity index is 2.32. The number of alkyl halides is 3. The van der Waals surface area contributed by atoms with Crippen molar-refractivity contribution in [2.75, 3.05) is 23.7 Å². The molecule has 0 atom stereocenters. The summed E-state index contributed by atoms with van der Waals surface area (Å²) in [5.74, 6) is 0.563. The van der Waals surface area contributed by atoms with Crippen LogP contribution in [0.3, 0.4) is 0 Å². The second-order valence-corrected chi connectivity index (χ2v) is 4.81. The summed E-state index contributed by atoms with van der Waals surface area (Å²) in [5.41, 5.74) is 4.69. The van der Waals surface area contributed by atoms with Crippen molar-refractivity contribution in [1.82, 2.24) is 4.98 Å². The molecule has 1 aromatic heterocycles.